The maximum Gasteiger partial charge on any atom is 0.326 e. The molecular weight excluding hydrogens is 268 g/mol. The van der Waals surface area contributed by atoms with E-state index in [1.807, 2.05) is 13.0 Å². The highest BCUT2D eigenvalue weighted by molar-refractivity contribution is 6.33. The molecule has 0 radical (unpaired) electrons. The Labute approximate surface area is 117 Å². The van der Waals surface area contributed by atoms with Crippen LogP contribution in [0.2, 0.25) is 5.02 Å². The van der Waals surface area contributed by atoms with E-state index in [0.717, 1.165) is 10.5 Å². The van der Waals surface area contributed by atoms with Crippen molar-refractivity contribution in [1.82, 2.24) is 4.90 Å². The van der Waals surface area contributed by atoms with E-state index in [1.54, 1.807) is 19.1 Å². The van der Waals surface area contributed by atoms with E-state index >= 15 is 0 Å². The third-order valence-electron chi connectivity index (χ3n) is 2.83. The van der Waals surface area contributed by atoms with E-state index < -0.39 is 18.0 Å². The molecule has 0 aliphatic carbocycles. The lowest BCUT2D eigenvalue weighted by molar-refractivity contribution is -0.141. The highest BCUT2D eigenvalue weighted by Gasteiger charge is 2.24. The van der Waals surface area contributed by atoms with Crippen molar-refractivity contribution in [2.45, 2.75) is 26.3 Å². The number of aryl methyl sites for hydroxylation is 1. The van der Waals surface area contributed by atoms with E-state index in [0.29, 0.717) is 17.1 Å². The number of aliphatic carboxylic acids is 1. The highest BCUT2D eigenvalue weighted by atomic mass is 35.5. The molecule has 1 atom stereocenters. The number of carboxylic acid groups (broad SMARTS) is 1. The number of carboxylic acids is 1. The molecule has 0 heterocycles. The first-order chi connectivity index (χ1) is 8.86. The van der Waals surface area contributed by atoms with Crippen molar-refractivity contribution in [3.05, 3.63) is 28.8 Å². The van der Waals surface area contributed by atoms with Gasteiger partial charge in [0.05, 0.1) is 10.7 Å². The zero-order valence-corrected chi connectivity index (χ0v) is 11.9. The minimum atomic E-state index is -1.03. The summed E-state index contributed by atoms with van der Waals surface area (Å²) in [7, 11) is 1.44. The van der Waals surface area contributed by atoms with E-state index in [-0.39, 0.29) is 0 Å². The van der Waals surface area contributed by atoms with Gasteiger partial charge in [0.25, 0.3) is 0 Å². The Balaban J connectivity index is 2.81. The monoisotopic (exact) mass is 284 g/mol. The van der Waals surface area contributed by atoms with Crippen LogP contribution < -0.4 is 5.32 Å². The lowest BCUT2D eigenvalue weighted by Crippen LogP contribution is -2.44. The van der Waals surface area contributed by atoms with Gasteiger partial charge in [-0.3, -0.25) is 0 Å². The maximum atomic E-state index is 11.9. The third kappa shape index (κ3) is 3.86. The number of carbonyl (C=O) groups is 2. The van der Waals surface area contributed by atoms with Crippen molar-refractivity contribution in [2.75, 3.05) is 12.4 Å². The number of benzene rings is 1. The second-order valence-corrected chi connectivity index (χ2v) is 4.69. The first kappa shape index (κ1) is 15.3. The van der Waals surface area contributed by atoms with Crippen LogP contribution in [0.4, 0.5) is 10.5 Å². The number of amides is 2. The second-order valence-electron chi connectivity index (χ2n) is 4.29. The van der Waals surface area contributed by atoms with Crippen LogP contribution in [0.1, 0.15) is 18.9 Å². The molecule has 0 saturated heterocycles. The molecule has 0 fully saturated rings. The lowest BCUT2D eigenvalue weighted by Gasteiger charge is -2.24. The van der Waals surface area contributed by atoms with Crippen LogP contribution in [-0.4, -0.2) is 35.1 Å². The predicted octanol–water partition coefficient (Wildman–Crippen LogP) is 2.98. The summed E-state index contributed by atoms with van der Waals surface area (Å²) in [5.41, 5.74) is 1.44. The summed E-state index contributed by atoms with van der Waals surface area (Å²) >= 11 is 6.00. The molecule has 0 aliphatic heterocycles. The fourth-order valence-corrected chi connectivity index (χ4v) is 1.96. The average molecular weight is 285 g/mol. The standard InChI is InChI=1S/C13H17ClN2O3/c1-4-11(12(17)18)16(3)13(19)15-10-6-5-8(2)7-9(10)14/h5-7,11H,4H2,1-3H3,(H,15,19)(H,17,18). The SMILES string of the molecule is CCC(C(=O)O)N(C)C(=O)Nc1ccc(C)cc1Cl. The molecular formula is C13H17ClN2O3. The number of urea groups is 1. The number of rotatable bonds is 4. The van der Waals surface area contributed by atoms with Crippen LogP contribution in [0.25, 0.3) is 0 Å². The maximum absolute atomic E-state index is 11.9. The summed E-state index contributed by atoms with van der Waals surface area (Å²) in [6, 6.07) is 3.87. The minimum absolute atomic E-state index is 0.334. The van der Waals surface area contributed by atoms with Gasteiger partial charge >= 0.3 is 12.0 Å². The van der Waals surface area contributed by atoms with Crippen LogP contribution >= 0.6 is 11.6 Å². The molecule has 0 aliphatic rings. The number of nitrogens with one attached hydrogen (secondary N) is 1. The number of nitrogens with zero attached hydrogens (tertiary/aromatic N) is 1. The Morgan fingerprint density at radius 3 is 2.58 bits per heavy atom. The minimum Gasteiger partial charge on any atom is -0.480 e. The van der Waals surface area contributed by atoms with Gasteiger partial charge in [-0.05, 0) is 31.0 Å². The Morgan fingerprint density at radius 2 is 2.11 bits per heavy atom. The molecule has 1 aromatic rings. The summed E-state index contributed by atoms with van der Waals surface area (Å²) in [5, 5.41) is 12.0. The normalized spacial score (nSPS) is 11.8. The molecule has 2 N–H and O–H groups in total. The molecule has 5 nitrogen and oxygen atoms in total. The van der Waals surface area contributed by atoms with Crippen LogP contribution in [0.15, 0.2) is 18.2 Å². The van der Waals surface area contributed by atoms with E-state index in [9.17, 15) is 9.59 Å². The molecule has 1 unspecified atom stereocenters. The molecule has 0 saturated carbocycles. The molecule has 0 spiro atoms. The van der Waals surface area contributed by atoms with Crippen molar-refractivity contribution in [2.24, 2.45) is 0 Å². The molecule has 2 amide bonds. The van der Waals surface area contributed by atoms with E-state index in [4.69, 9.17) is 16.7 Å². The molecule has 0 bridgehead atoms. The first-order valence-electron chi connectivity index (χ1n) is 5.89. The zero-order valence-electron chi connectivity index (χ0n) is 11.1. The Bertz CT molecular complexity index is 491. The van der Waals surface area contributed by atoms with Crippen LogP contribution in [0, 0.1) is 6.92 Å². The second kappa shape index (κ2) is 6.43. The molecule has 19 heavy (non-hydrogen) atoms. The van der Waals surface area contributed by atoms with Gasteiger partial charge in [-0.1, -0.05) is 24.6 Å². The van der Waals surface area contributed by atoms with Crippen molar-refractivity contribution in [1.29, 1.82) is 0 Å². The van der Waals surface area contributed by atoms with Crippen molar-refractivity contribution in [3.8, 4) is 0 Å². The predicted molar refractivity (Wildman–Crippen MR) is 74.7 cm³/mol. The fourth-order valence-electron chi connectivity index (χ4n) is 1.68. The van der Waals surface area contributed by atoms with Gasteiger partial charge in [-0.2, -0.15) is 0 Å². The average Bonchev–Trinajstić information content (AvgIpc) is 2.32. The fraction of sp³-hybridized carbons (Fsp3) is 0.385. The first-order valence-corrected chi connectivity index (χ1v) is 6.27. The van der Waals surface area contributed by atoms with Gasteiger partial charge in [-0.25, -0.2) is 9.59 Å². The summed E-state index contributed by atoms with van der Waals surface area (Å²) in [6.07, 6.45) is 0.334. The molecule has 104 valence electrons. The van der Waals surface area contributed by atoms with Crippen molar-refractivity contribution < 1.29 is 14.7 Å². The largest absolute Gasteiger partial charge is 0.480 e. The van der Waals surface area contributed by atoms with Gasteiger partial charge in [0.15, 0.2) is 0 Å². The molecule has 1 aromatic carbocycles. The quantitative estimate of drug-likeness (QED) is 0.893. The van der Waals surface area contributed by atoms with Crippen LogP contribution in [-0.2, 0) is 4.79 Å². The van der Waals surface area contributed by atoms with E-state index in [2.05, 4.69) is 5.32 Å². The Morgan fingerprint density at radius 1 is 1.47 bits per heavy atom. The number of halogens is 1. The molecule has 0 aromatic heterocycles. The molecule has 1 rings (SSSR count). The number of anilines is 1. The summed E-state index contributed by atoms with van der Waals surface area (Å²) < 4.78 is 0. The third-order valence-corrected chi connectivity index (χ3v) is 3.14. The van der Waals surface area contributed by atoms with Gasteiger partial charge in [-0.15, -0.1) is 0 Å². The Kier molecular flexibility index (Phi) is 5.18. The smallest absolute Gasteiger partial charge is 0.326 e. The van der Waals surface area contributed by atoms with Gasteiger partial charge < -0.3 is 15.3 Å². The summed E-state index contributed by atoms with van der Waals surface area (Å²) in [6.45, 7) is 3.60. The van der Waals surface area contributed by atoms with Crippen molar-refractivity contribution in [3.63, 3.8) is 0 Å². The van der Waals surface area contributed by atoms with Crippen LogP contribution in [0.5, 0.6) is 0 Å². The number of likely N-dealkylation sites (N-methyl/N-ethyl adjacent to an activating group) is 1. The van der Waals surface area contributed by atoms with Crippen molar-refractivity contribution >= 4 is 29.3 Å². The number of hydrogen-bond acceptors (Lipinski definition) is 2. The number of hydrogen-bond donors (Lipinski definition) is 2. The highest BCUT2D eigenvalue weighted by Crippen LogP contribution is 2.23. The van der Waals surface area contributed by atoms with Gasteiger partial charge in [0, 0.05) is 7.05 Å². The zero-order chi connectivity index (χ0) is 14.6. The Hall–Kier alpha value is -1.75. The van der Waals surface area contributed by atoms with E-state index in [1.165, 1.54) is 7.05 Å². The number of carbonyl (C=O) groups excluding carboxylic acids is 1. The van der Waals surface area contributed by atoms with Gasteiger partial charge in [0.2, 0.25) is 0 Å². The topological polar surface area (TPSA) is 69.6 Å². The summed E-state index contributed by atoms with van der Waals surface area (Å²) in [4.78, 5) is 24.1. The summed E-state index contributed by atoms with van der Waals surface area (Å²) in [5.74, 6) is -1.03. The lowest BCUT2D eigenvalue weighted by atomic mass is 10.2. The molecule has 6 heteroatoms. The van der Waals surface area contributed by atoms with Crippen LogP contribution in [0.3, 0.4) is 0 Å². The van der Waals surface area contributed by atoms with Gasteiger partial charge in [0.1, 0.15) is 6.04 Å².